The first-order valence-corrected chi connectivity index (χ1v) is 9.52. The maximum Gasteiger partial charge on any atom is 0.0975 e. The summed E-state index contributed by atoms with van der Waals surface area (Å²) in [6.45, 7) is 5.79. The van der Waals surface area contributed by atoms with Crippen LogP contribution < -0.4 is 5.32 Å². The van der Waals surface area contributed by atoms with Gasteiger partial charge in [-0.15, -0.1) is 0 Å². The van der Waals surface area contributed by atoms with Gasteiger partial charge in [-0.2, -0.15) is 5.10 Å². The second-order valence-electron chi connectivity index (χ2n) is 7.07. The molecule has 1 N–H and O–H groups in total. The molecule has 2 aromatic carbocycles. The van der Waals surface area contributed by atoms with Gasteiger partial charge in [-0.3, -0.25) is 4.98 Å². The summed E-state index contributed by atoms with van der Waals surface area (Å²) >= 11 is 0. The van der Waals surface area contributed by atoms with Crippen LogP contribution in [0.3, 0.4) is 0 Å². The van der Waals surface area contributed by atoms with Gasteiger partial charge < -0.3 is 5.32 Å². The van der Waals surface area contributed by atoms with Crippen LogP contribution in [0.1, 0.15) is 22.3 Å². The van der Waals surface area contributed by atoms with Crippen LogP contribution >= 0.6 is 0 Å². The Balaban J connectivity index is 1.65. The quantitative estimate of drug-likeness (QED) is 0.529. The molecule has 0 radical (unpaired) electrons. The number of aryl methyl sites for hydroxylation is 2. The molecular weight excluding hydrogens is 344 g/mol. The van der Waals surface area contributed by atoms with Gasteiger partial charge >= 0.3 is 0 Å². The van der Waals surface area contributed by atoms with Crippen LogP contribution in [0.2, 0.25) is 0 Å². The first-order chi connectivity index (χ1) is 13.7. The van der Waals surface area contributed by atoms with Gasteiger partial charge in [0, 0.05) is 42.8 Å². The highest BCUT2D eigenvalue weighted by Gasteiger charge is 2.14. The average molecular weight is 368 g/mol. The molecule has 0 saturated carbocycles. The second-order valence-corrected chi connectivity index (χ2v) is 7.07. The number of hydrogen-bond acceptors (Lipinski definition) is 3. The zero-order chi connectivity index (χ0) is 19.3. The molecule has 4 rings (SSSR count). The summed E-state index contributed by atoms with van der Waals surface area (Å²) in [6.07, 6.45) is 5.82. The molecule has 0 fully saturated rings. The Morgan fingerprint density at radius 1 is 0.929 bits per heavy atom. The first-order valence-electron chi connectivity index (χ1n) is 9.52. The van der Waals surface area contributed by atoms with Crippen molar-refractivity contribution in [1.29, 1.82) is 0 Å². The molecule has 4 aromatic rings. The van der Waals surface area contributed by atoms with E-state index in [1.165, 1.54) is 27.8 Å². The SMILES string of the molecule is Cc1ccc(-c2nn(-c3ccccc3)cc2CNCc2cccnc2)c(C)c1. The highest BCUT2D eigenvalue weighted by Crippen LogP contribution is 2.27. The largest absolute Gasteiger partial charge is 0.308 e. The molecule has 0 saturated heterocycles. The Kier molecular flexibility index (Phi) is 5.31. The lowest BCUT2D eigenvalue weighted by Crippen LogP contribution is -2.13. The number of aromatic nitrogens is 3. The summed E-state index contributed by atoms with van der Waals surface area (Å²) in [6, 6.07) is 20.8. The van der Waals surface area contributed by atoms with Crippen LogP contribution in [0.25, 0.3) is 16.9 Å². The molecule has 0 amide bonds. The van der Waals surface area contributed by atoms with Crippen LogP contribution in [0.15, 0.2) is 79.3 Å². The van der Waals surface area contributed by atoms with Crippen molar-refractivity contribution >= 4 is 0 Å². The third-order valence-electron chi connectivity index (χ3n) is 4.82. The lowest BCUT2D eigenvalue weighted by molar-refractivity contribution is 0.692. The van der Waals surface area contributed by atoms with Gasteiger partial charge in [0.15, 0.2) is 0 Å². The summed E-state index contributed by atoms with van der Waals surface area (Å²) in [7, 11) is 0. The zero-order valence-electron chi connectivity index (χ0n) is 16.3. The smallest absolute Gasteiger partial charge is 0.0975 e. The molecule has 2 aromatic heterocycles. The van der Waals surface area contributed by atoms with E-state index < -0.39 is 0 Å². The molecule has 0 unspecified atom stereocenters. The van der Waals surface area contributed by atoms with Crippen molar-refractivity contribution in [2.45, 2.75) is 26.9 Å². The summed E-state index contributed by atoms with van der Waals surface area (Å²) < 4.78 is 1.97. The molecule has 0 spiro atoms. The van der Waals surface area contributed by atoms with E-state index >= 15 is 0 Å². The third-order valence-corrected chi connectivity index (χ3v) is 4.82. The van der Waals surface area contributed by atoms with E-state index in [1.807, 2.05) is 35.1 Å². The highest BCUT2D eigenvalue weighted by atomic mass is 15.3. The number of nitrogens with one attached hydrogen (secondary N) is 1. The average Bonchev–Trinajstić information content (AvgIpc) is 3.13. The molecule has 0 aliphatic rings. The minimum Gasteiger partial charge on any atom is -0.308 e. The summed E-state index contributed by atoms with van der Waals surface area (Å²) in [5.41, 5.74) is 8.13. The van der Waals surface area contributed by atoms with E-state index in [4.69, 9.17) is 5.10 Å². The second kappa shape index (κ2) is 8.19. The van der Waals surface area contributed by atoms with Crippen LogP contribution in [0.4, 0.5) is 0 Å². The maximum atomic E-state index is 4.93. The molecule has 140 valence electrons. The van der Waals surface area contributed by atoms with Gasteiger partial charge in [0.1, 0.15) is 0 Å². The van der Waals surface area contributed by atoms with Gasteiger partial charge in [-0.1, -0.05) is 48.0 Å². The molecule has 2 heterocycles. The van der Waals surface area contributed by atoms with Crippen LogP contribution in [-0.4, -0.2) is 14.8 Å². The Hall–Kier alpha value is -3.24. The van der Waals surface area contributed by atoms with Gasteiger partial charge in [-0.05, 0) is 43.2 Å². The highest BCUT2D eigenvalue weighted by molar-refractivity contribution is 5.67. The van der Waals surface area contributed by atoms with Crippen molar-refractivity contribution in [3.05, 3.63) is 102 Å². The number of rotatable bonds is 6. The van der Waals surface area contributed by atoms with Gasteiger partial charge in [0.05, 0.1) is 11.4 Å². The van der Waals surface area contributed by atoms with E-state index in [1.54, 1.807) is 6.20 Å². The van der Waals surface area contributed by atoms with Gasteiger partial charge in [0.2, 0.25) is 0 Å². The number of benzene rings is 2. The summed E-state index contributed by atoms with van der Waals surface area (Å²) in [5.74, 6) is 0. The summed E-state index contributed by atoms with van der Waals surface area (Å²) in [5, 5.41) is 8.46. The van der Waals surface area contributed by atoms with Crippen molar-refractivity contribution in [3.63, 3.8) is 0 Å². The normalized spacial score (nSPS) is 10.9. The zero-order valence-corrected chi connectivity index (χ0v) is 16.3. The Bertz CT molecular complexity index is 1050. The van der Waals surface area contributed by atoms with Crippen LogP contribution in [0, 0.1) is 13.8 Å². The van der Waals surface area contributed by atoms with E-state index in [-0.39, 0.29) is 0 Å². The Morgan fingerprint density at radius 2 is 1.79 bits per heavy atom. The fraction of sp³-hybridized carbons (Fsp3) is 0.167. The predicted octanol–water partition coefficient (Wildman–Crippen LogP) is 4.84. The fourth-order valence-electron chi connectivity index (χ4n) is 3.40. The monoisotopic (exact) mass is 368 g/mol. The third kappa shape index (κ3) is 4.02. The molecule has 0 bridgehead atoms. The van der Waals surface area contributed by atoms with E-state index in [9.17, 15) is 0 Å². The van der Waals surface area contributed by atoms with Gasteiger partial charge in [0.25, 0.3) is 0 Å². The number of hydrogen-bond donors (Lipinski definition) is 1. The van der Waals surface area contributed by atoms with Gasteiger partial charge in [-0.25, -0.2) is 4.68 Å². The molecule has 0 atom stereocenters. The number of nitrogens with zero attached hydrogens (tertiary/aromatic N) is 3. The number of para-hydroxylation sites is 1. The maximum absolute atomic E-state index is 4.93. The minimum atomic E-state index is 0.740. The summed E-state index contributed by atoms with van der Waals surface area (Å²) in [4.78, 5) is 4.18. The molecule has 4 nitrogen and oxygen atoms in total. The van der Waals surface area contributed by atoms with Crippen molar-refractivity contribution in [3.8, 4) is 16.9 Å². The molecule has 0 aliphatic heterocycles. The standard InChI is InChI=1S/C24H24N4/c1-18-10-11-23(19(2)13-18)24-21(16-26-15-20-7-6-12-25-14-20)17-28(27-24)22-8-4-3-5-9-22/h3-14,17,26H,15-16H2,1-2H3. The van der Waals surface area contributed by atoms with Crippen molar-refractivity contribution in [2.75, 3.05) is 0 Å². The van der Waals surface area contributed by atoms with E-state index in [0.717, 1.165) is 24.5 Å². The molecule has 0 aliphatic carbocycles. The van der Waals surface area contributed by atoms with Crippen LogP contribution in [-0.2, 0) is 13.1 Å². The topological polar surface area (TPSA) is 42.7 Å². The predicted molar refractivity (Wildman–Crippen MR) is 113 cm³/mol. The minimum absolute atomic E-state index is 0.740. The first kappa shape index (κ1) is 18.1. The van der Waals surface area contributed by atoms with E-state index in [0.29, 0.717) is 0 Å². The molecule has 28 heavy (non-hydrogen) atoms. The van der Waals surface area contributed by atoms with Crippen molar-refractivity contribution in [2.24, 2.45) is 0 Å². The fourth-order valence-corrected chi connectivity index (χ4v) is 3.40. The molecule has 4 heteroatoms. The lowest BCUT2D eigenvalue weighted by Gasteiger charge is -2.08. The Morgan fingerprint density at radius 3 is 2.54 bits per heavy atom. The Labute approximate surface area is 165 Å². The lowest BCUT2D eigenvalue weighted by atomic mass is 10.0. The van der Waals surface area contributed by atoms with Crippen molar-refractivity contribution in [1.82, 2.24) is 20.1 Å². The van der Waals surface area contributed by atoms with Crippen LogP contribution in [0.5, 0.6) is 0 Å². The van der Waals surface area contributed by atoms with E-state index in [2.05, 4.69) is 66.7 Å². The molecular formula is C24H24N4. The number of pyridine rings is 1. The van der Waals surface area contributed by atoms with Crippen molar-refractivity contribution < 1.29 is 0 Å².